The summed E-state index contributed by atoms with van der Waals surface area (Å²) in [6.07, 6.45) is 2.96. The largest absolute Gasteiger partial charge is 0.367 e. The van der Waals surface area contributed by atoms with Crippen LogP contribution in [0.25, 0.3) is 5.65 Å². The van der Waals surface area contributed by atoms with E-state index in [4.69, 9.17) is 4.74 Å². The Morgan fingerprint density at radius 2 is 1.91 bits per heavy atom. The van der Waals surface area contributed by atoms with Gasteiger partial charge in [0.25, 0.3) is 11.5 Å². The van der Waals surface area contributed by atoms with Crippen molar-refractivity contribution in [3.63, 3.8) is 0 Å². The lowest BCUT2D eigenvalue weighted by Crippen LogP contribution is -2.25. The molecule has 0 aliphatic heterocycles. The van der Waals surface area contributed by atoms with Gasteiger partial charge < -0.3 is 10.1 Å². The number of pyridine rings is 1. The Morgan fingerprint density at radius 1 is 1.13 bits per heavy atom. The average molecular weight is 309 g/mol. The number of hydrogen-bond donors (Lipinski definition) is 1. The molecule has 0 saturated carbocycles. The normalized spacial score (nSPS) is 10.6. The molecular formula is C17H15N3O3. The van der Waals surface area contributed by atoms with Crippen LogP contribution in [0.2, 0.25) is 0 Å². The van der Waals surface area contributed by atoms with E-state index in [1.807, 2.05) is 30.3 Å². The number of hydrogen-bond acceptors (Lipinski definition) is 4. The molecule has 0 fully saturated rings. The number of benzene rings is 1. The molecule has 116 valence electrons. The third kappa shape index (κ3) is 3.61. The van der Waals surface area contributed by atoms with Crippen LogP contribution in [0.3, 0.4) is 0 Å². The second-order valence-corrected chi connectivity index (χ2v) is 4.93. The number of carbonyl (C=O) groups is 1. The van der Waals surface area contributed by atoms with Crippen LogP contribution in [-0.4, -0.2) is 21.9 Å². The summed E-state index contributed by atoms with van der Waals surface area (Å²) in [4.78, 5) is 28.2. The van der Waals surface area contributed by atoms with Crippen LogP contribution in [0, 0.1) is 0 Å². The topological polar surface area (TPSA) is 72.7 Å². The monoisotopic (exact) mass is 309 g/mol. The molecule has 0 spiro atoms. The molecule has 0 radical (unpaired) electrons. The number of anilines is 1. The van der Waals surface area contributed by atoms with Gasteiger partial charge in [0.15, 0.2) is 0 Å². The molecule has 6 heteroatoms. The first kappa shape index (κ1) is 14.9. The lowest BCUT2D eigenvalue weighted by molar-refractivity contribution is -0.121. The highest BCUT2D eigenvalue weighted by atomic mass is 16.5. The average Bonchev–Trinajstić information content (AvgIpc) is 2.59. The van der Waals surface area contributed by atoms with Gasteiger partial charge in [0, 0.05) is 6.20 Å². The zero-order chi connectivity index (χ0) is 16.1. The van der Waals surface area contributed by atoms with Crippen molar-refractivity contribution in [2.45, 2.75) is 6.61 Å². The number of aromatic nitrogens is 2. The number of rotatable bonds is 5. The fourth-order valence-electron chi connectivity index (χ4n) is 2.13. The van der Waals surface area contributed by atoms with E-state index in [1.165, 1.54) is 10.6 Å². The third-order valence-electron chi connectivity index (χ3n) is 3.23. The predicted molar refractivity (Wildman–Crippen MR) is 86.2 cm³/mol. The van der Waals surface area contributed by atoms with Crippen molar-refractivity contribution in [2.24, 2.45) is 0 Å². The summed E-state index contributed by atoms with van der Waals surface area (Å²) in [5, 5.41) is 2.53. The molecule has 6 nitrogen and oxygen atoms in total. The van der Waals surface area contributed by atoms with Gasteiger partial charge in [-0.05, 0) is 17.7 Å². The minimum atomic E-state index is -0.393. The van der Waals surface area contributed by atoms with Crippen molar-refractivity contribution >= 4 is 17.2 Å². The second kappa shape index (κ2) is 6.85. The fraction of sp³-hybridized carbons (Fsp3) is 0.118. The Hall–Kier alpha value is -2.99. The van der Waals surface area contributed by atoms with Gasteiger partial charge in [0.05, 0.1) is 12.8 Å². The molecule has 0 aliphatic carbocycles. The number of fused-ring (bicyclic) bond motifs is 1. The number of nitrogens with one attached hydrogen (secondary N) is 1. The number of nitrogens with zero attached hydrogens (tertiary/aromatic N) is 2. The van der Waals surface area contributed by atoms with Crippen molar-refractivity contribution in [3.8, 4) is 0 Å². The van der Waals surface area contributed by atoms with Crippen molar-refractivity contribution in [3.05, 3.63) is 76.8 Å². The predicted octanol–water partition coefficient (Wildman–Crippen LogP) is 1.85. The Kier molecular flexibility index (Phi) is 4.44. The molecule has 0 unspecified atom stereocenters. The molecule has 1 aromatic carbocycles. The Balaban J connectivity index is 1.62. The summed E-state index contributed by atoms with van der Waals surface area (Å²) < 4.78 is 6.72. The molecular weight excluding hydrogens is 294 g/mol. The lowest BCUT2D eigenvalue weighted by atomic mass is 10.2. The summed E-state index contributed by atoms with van der Waals surface area (Å²) in [6.45, 7) is 0.203. The molecule has 2 aromatic heterocycles. The van der Waals surface area contributed by atoms with Crippen molar-refractivity contribution in [1.82, 2.24) is 9.38 Å². The maximum atomic E-state index is 12.2. The molecule has 23 heavy (non-hydrogen) atoms. The number of ether oxygens (including phenoxy) is 1. The van der Waals surface area contributed by atoms with Crippen molar-refractivity contribution < 1.29 is 9.53 Å². The standard InChI is InChI=1S/C17H15N3O3/c21-16(12-23-11-13-6-2-1-3-7-13)19-14-10-18-15-8-4-5-9-20(15)17(14)22/h1-10H,11-12H2,(H,19,21). The van der Waals surface area contributed by atoms with Crippen LogP contribution in [-0.2, 0) is 16.1 Å². The highest BCUT2D eigenvalue weighted by Gasteiger charge is 2.08. The summed E-state index contributed by atoms with van der Waals surface area (Å²) in [7, 11) is 0. The molecule has 1 N–H and O–H groups in total. The van der Waals surface area contributed by atoms with Gasteiger partial charge in [-0.25, -0.2) is 4.98 Å². The van der Waals surface area contributed by atoms with Gasteiger partial charge in [0.2, 0.25) is 0 Å². The summed E-state index contributed by atoms with van der Waals surface area (Å²) >= 11 is 0. The quantitative estimate of drug-likeness (QED) is 0.780. The molecule has 3 aromatic rings. The SMILES string of the molecule is O=C(COCc1ccccc1)Nc1cnc2ccccn2c1=O. The van der Waals surface area contributed by atoms with Gasteiger partial charge >= 0.3 is 0 Å². The first-order valence-electron chi connectivity index (χ1n) is 7.12. The summed E-state index contributed by atoms with van der Waals surface area (Å²) in [5.41, 5.74) is 1.30. The number of amides is 1. The van der Waals surface area contributed by atoms with E-state index in [0.717, 1.165) is 5.56 Å². The van der Waals surface area contributed by atoms with Crippen LogP contribution in [0.1, 0.15) is 5.56 Å². The molecule has 3 rings (SSSR count). The van der Waals surface area contributed by atoms with Crippen molar-refractivity contribution in [2.75, 3.05) is 11.9 Å². The summed E-state index contributed by atoms with van der Waals surface area (Å²) in [6, 6.07) is 14.8. The van der Waals surface area contributed by atoms with Gasteiger partial charge in [0.1, 0.15) is 17.9 Å². The molecule has 2 heterocycles. The van der Waals surface area contributed by atoms with E-state index in [9.17, 15) is 9.59 Å². The van der Waals surface area contributed by atoms with Crippen LogP contribution < -0.4 is 10.9 Å². The van der Waals surface area contributed by atoms with Crippen LogP contribution in [0.15, 0.2) is 65.7 Å². The smallest absolute Gasteiger partial charge is 0.281 e. The van der Waals surface area contributed by atoms with E-state index in [2.05, 4.69) is 10.3 Å². The molecule has 0 saturated heterocycles. The fourth-order valence-corrected chi connectivity index (χ4v) is 2.13. The minimum Gasteiger partial charge on any atom is -0.367 e. The van der Waals surface area contributed by atoms with Gasteiger partial charge in [-0.15, -0.1) is 0 Å². The maximum absolute atomic E-state index is 12.2. The van der Waals surface area contributed by atoms with E-state index in [0.29, 0.717) is 12.3 Å². The Morgan fingerprint density at radius 3 is 2.74 bits per heavy atom. The molecule has 0 bridgehead atoms. The first-order chi connectivity index (χ1) is 11.2. The minimum absolute atomic E-state index is 0.127. The highest BCUT2D eigenvalue weighted by Crippen LogP contribution is 2.03. The van der Waals surface area contributed by atoms with Gasteiger partial charge in [-0.1, -0.05) is 36.4 Å². The molecule has 0 aliphatic rings. The lowest BCUT2D eigenvalue weighted by Gasteiger charge is -2.07. The van der Waals surface area contributed by atoms with Crippen LogP contribution in [0.5, 0.6) is 0 Å². The van der Waals surface area contributed by atoms with E-state index >= 15 is 0 Å². The van der Waals surface area contributed by atoms with Crippen molar-refractivity contribution in [1.29, 1.82) is 0 Å². The molecule has 0 atom stereocenters. The van der Waals surface area contributed by atoms with E-state index < -0.39 is 5.91 Å². The third-order valence-corrected chi connectivity index (χ3v) is 3.23. The second-order valence-electron chi connectivity index (χ2n) is 4.93. The van der Waals surface area contributed by atoms with Crippen LogP contribution in [0.4, 0.5) is 5.69 Å². The van der Waals surface area contributed by atoms with E-state index in [1.54, 1.807) is 24.4 Å². The maximum Gasteiger partial charge on any atom is 0.281 e. The van der Waals surface area contributed by atoms with Gasteiger partial charge in [-0.3, -0.25) is 14.0 Å². The zero-order valence-corrected chi connectivity index (χ0v) is 12.3. The number of carbonyl (C=O) groups excluding carboxylic acids is 1. The van der Waals surface area contributed by atoms with Gasteiger partial charge in [-0.2, -0.15) is 0 Å². The van der Waals surface area contributed by atoms with E-state index in [-0.39, 0.29) is 17.9 Å². The first-order valence-corrected chi connectivity index (χ1v) is 7.12. The van der Waals surface area contributed by atoms with Crippen LogP contribution >= 0.6 is 0 Å². The highest BCUT2D eigenvalue weighted by molar-refractivity contribution is 5.91. The zero-order valence-electron chi connectivity index (χ0n) is 12.3. The molecule has 1 amide bonds. The summed E-state index contributed by atoms with van der Waals surface area (Å²) in [5.74, 6) is -0.393. The Labute approximate surface area is 132 Å². The Bertz CT molecular complexity index is 875.